The van der Waals surface area contributed by atoms with E-state index in [1.165, 1.54) is 12.1 Å². The van der Waals surface area contributed by atoms with Crippen LogP contribution < -0.4 is 5.32 Å². The molecule has 19 heavy (non-hydrogen) atoms. The van der Waals surface area contributed by atoms with Gasteiger partial charge in [0, 0.05) is 15.7 Å². The van der Waals surface area contributed by atoms with Crippen LogP contribution in [0.1, 0.15) is 15.9 Å². The molecule has 0 saturated heterocycles. The molecule has 2 aromatic carbocycles. The van der Waals surface area contributed by atoms with E-state index >= 15 is 0 Å². The summed E-state index contributed by atoms with van der Waals surface area (Å²) in [6.07, 6.45) is 0. The molecule has 3 N–H and O–H groups in total. The molecule has 0 fully saturated rings. The van der Waals surface area contributed by atoms with Gasteiger partial charge in [0.25, 0.3) is 5.91 Å². The van der Waals surface area contributed by atoms with E-state index in [0.717, 1.165) is 0 Å². The second-order valence-corrected chi connectivity index (χ2v) is 4.98. The smallest absolute Gasteiger partial charge is 0.259 e. The molecule has 4 nitrogen and oxygen atoms in total. The number of halogens is 1. The normalized spacial score (nSPS) is 10.2. The monoisotopic (exact) mass is 321 g/mol. The molecular weight excluding hydrogens is 310 g/mol. The molecule has 0 radical (unpaired) electrons. The van der Waals surface area contributed by atoms with Crippen molar-refractivity contribution in [3.8, 4) is 11.5 Å². The number of phenols is 2. The maximum absolute atomic E-state index is 12.0. The van der Waals surface area contributed by atoms with Gasteiger partial charge in [0.15, 0.2) is 0 Å². The summed E-state index contributed by atoms with van der Waals surface area (Å²) in [6.45, 7) is 1.70. The van der Waals surface area contributed by atoms with Crippen LogP contribution in [0.4, 0.5) is 5.69 Å². The summed E-state index contributed by atoms with van der Waals surface area (Å²) in [6, 6.07) is 9.51. The molecule has 0 spiro atoms. The standard InChI is InChI=1S/C14H12BrNO3/c1-8-11(3-2-4-12(8)17)16-14(19)10-6-5-9(15)7-13(10)18/h2-7,17-18H,1H3,(H,16,19). The van der Waals surface area contributed by atoms with Gasteiger partial charge in [-0.2, -0.15) is 0 Å². The van der Waals surface area contributed by atoms with E-state index in [-0.39, 0.29) is 17.1 Å². The van der Waals surface area contributed by atoms with Crippen molar-refractivity contribution in [2.75, 3.05) is 5.32 Å². The summed E-state index contributed by atoms with van der Waals surface area (Å²) in [4.78, 5) is 12.0. The summed E-state index contributed by atoms with van der Waals surface area (Å²) in [5.41, 5.74) is 1.26. The van der Waals surface area contributed by atoms with Crippen LogP contribution in [-0.2, 0) is 0 Å². The predicted octanol–water partition coefficient (Wildman–Crippen LogP) is 3.42. The lowest BCUT2D eigenvalue weighted by Crippen LogP contribution is -2.12. The first-order chi connectivity index (χ1) is 8.99. The highest BCUT2D eigenvalue weighted by Crippen LogP contribution is 2.26. The minimum Gasteiger partial charge on any atom is -0.508 e. The number of anilines is 1. The van der Waals surface area contributed by atoms with Crippen LogP contribution in [0.3, 0.4) is 0 Å². The molecule has 0 aliphatic heterocycles. The summed E-state index contributed by atoms with van der Waals surface area (Å²) in [7, 11) is 0. The average Bonchev–Trinajstić information content (AvgIpc) is 2.34. The Hall–Kier alpha value is -2.01. The molecule has 1 amide bonds. The Morgan fingerprint density at radius 3 is 2.58 bits per heavy atom. The number of nitrogens with one attached hydrogen (secondary N) is 1. The van der Waals surface area contributed by atoms with Crippen molar-refractivity contribution in [3.05, 3.63) is 52.0 Å². The van der Waals surface area contributed by atoms with Gasteiger partial charge in [-0.15, -0.1) is 0 Å². The van der Waals surface area contributed by atoms with Gasteiger partial charge in [-0.05, 0) is 37.3 Å². The molecule has 0 saturated carbocycles. The first kappa shape index (κ1) is 13.4. The molecule has 98 valence electrons. The number of rotatable bonds is 2. The van der Waals surface area contributed by atoms with E-state index in [1.807, 2.05) is 0 Å². The largest absolute Gasteiger partial charge is 0.508 e. The number of amides is 1. The maximum atomic E-state index is 12.0. The van der Waals surface area contributed by atoms with Crippen molar-refractivity contribution >= 4 is 27.5 Å². The Kier molecular flexibility index (Phi) is 3.76. The molecule has 0 atom stereocenters. The number of aromatic hydroxyl groups is 2. The Morgan fingerprint density at radius 2 is 1.89 bits per heavy atom. The number of hydrogen-bond acceptors (Lipinski definition) is 3. The number of carbonyl (C=O) groups is 1. The first-order valence-corrected chi connectivity index (χ1v) is 6.37. The minimum atomic E-state index is -0.432. The maximum Gasteiger partial charge on any atom is 0.259 e. The summed E-state index contributed by atoms with van der Waals surface area (Å²) in [5.74, 6) is -0.429. The highest BCUT2D eigenvalue weighted by Gasteiger charge is 2.13. The van der Waals surface area contributed by atoms with Crippen LogP contribution in [0, 0.1) is 6.92 Å². The van der Waals surface area contributed by atoms with Gasteiger partial charge < -0.3 is 15.5 Å². The molecule has 0 aliphatic rings. The predicted molar refractivity (Wildman–Crippen MR) is 76.6 cm³/mol. The summed E-state index contributed by atoms with van der Waals surface area (Å²) in [5, 5.41) is 21.9. The van der Waals surface area contributed by atoms with Crippen molar-refractivity contribution in [2.24, 2.45) is 0 Å². The van der Waals surface area contributed by atoms with Gasteiger partial charge in [0.1, 0.15) is 11.5 Å². The van der Waals surface area contributed by atoms with E-state index in [2.05, 4.69) is 21.2 Å². The van der Waals surface area contributed by atoms with Crippen LogP contribution in [0.2, 0.25) is 0 Å². The van der Waals surface area contributed by atoms with Gasteiger partial charge in [0.05, 0.1) is 5.56 Å². The van der Waals surface area contributed by atoms with Crippen molar-refractivity contribution in [1.82, 2.24) is 0 Å². The zero-order valence-corrected chi connectivity index (χ0v) is 11.7. The van der Waals surface area contributed by atoms with Crippen molar-refractivity contribution < 1.29 is 15.0 Å². The van der Waals surface area contributed by atoms with E-state index < -0.39 is 5.91 Å². The van der Waals surface area contributed by atoms with E-state index in [1.54, 1.807) is 31.2 Å². The summed E-state index contributed by atoms with van der Waals surface area (Å²) >= 11 is 3.21. The minimum absolute atomic E-state index is 0.107. The number of phenolic OH excluding ortho intramolecular Hbond substituents is 2. The second kappa shape index (κ2) is 5.32. The zero-order valence-electron chi connectivity index (χ0n) is 10.1. The first-order valence-electron chi connectivity index (χ1n) is 5.57. The fraction of sp³-hybridized carbons (Fsp3) is 0.0714. The van der Waals surface area contributed by atoms with Crippen LogP contribution in [-0.4, -0.2) is 16.1 Å². The van der Waals surface area contributed by atoms with Crippen LogP contribution in [0.5, 0.6) is 11.5 Å². The number of hydrogen-bond donors (Lipinski definition) is 3. The highest BCUT2D eigenvalue weighted by atomic mass is 79.9. The molecule has 0 unspecified atom stereocenters. The fourth-order valence-electron chi connectivity index (χ4n) is 1.65. The fourth-order valence-corrected chi connectivity index (χ4v) is 1.99. The Labute approximate surface area is 118 Å². The molecule has 2 rings (SSSR count). The average molecular weight is 322 g/mol. The third-order valence-corrected chi connectivity index (χ3v) is 3.25. The van der Waals surface area contributed by atoms with Crippen LogP contribution >= 0.6 is 15.9 Å². The molecule has 0 bridgehead atoms. The Bertz CT molecular complexity index is 641. The molecule has 2 aromatic rings. The lowest BCUT2D eigenvalue weighted by Gasteiger charge is -2.10. The lowest BCUT2D eigenvalue weighted by atomic mass is 10.1. The molecule has 5 heteroatoms. The molecule has 0 heterocycles. The Balaban J connectivity index is 2.28. The van der Waals surface area contributed by atoms with Crippen molar-refractivity contribution in [2.45, 2.75) is 6.92 Å². The third-order valence-electron chi connectivity index (χ3n) is 2.76. The SMILES string of the molecule is Cc1c(O)cccc1NC(=O)c1ccc(Br)cc1O. The Morgan fingerprint density at radius 1 is 1.16 bits per heavy atom. The zero-order chi connectivity index (χ0) is 14.0. The molecule has 0 aromatic heterocycles. The lowest BCUT2D eigenvalue weighted by molar-refractivity contribution is 0.102. The molecule has 0 aliphatic carbocycles. The number of carbonyl (C=O) groups excluding carboxylic acids is 1. The molecular formula is C14H12BrNO3. The van der Waals surface area contributed by atoms with Crippen molar-refractivity contribution in [1.29, 1.82) is 0 Å². The van der Waals surface area contributed by atoms with Gasteiger partial charge in [0.2, 0.25) is 0 Å². The summed E-state index contributed by atoms with van der Waals surface area (Å²) < 4.78 is 0.690. The van der Waals surface area contributed by atoms with Gasteiger partial charge >= 0.3 is 0 Å². The van der Waals surface area contributed by atoms with Crippen LogP contribution in [0.25, 0.3) is 0 Å². The van der Waals surface area contributed by atoms with Crippen LogP contribution in [0.15, 0.2) is 40.9 Å². The van der Waals surface area contributed by atoms with E-state index in [4.69, 9.17) is 0 Å². The topological polar surface area (TPSA) is 69.6 Å². The van der Waals surface area contributed by atoms with Gasteiger partial charge in [-0.25, -0.2) is 0 Å². The van der Waals surface area contributed by atoms with Gasteiger partial charge in [-0.1, -0.05) is 22.0 Å². The highest BCUT2D eigenvalue weighted by molar-refractivity contribution is 9.10. The van der Waals surface area contributed by atoms with Crippen molar-refractivity contribution in [3.63, 3.8) is 0 Å². The quantitative estimate of drug-likeness (QED) is 0.793. The van der Waals surface area contributed by atoms with E-state index in [0.29, 0.717) is 15.7 Å². The van der Waals surface area contributed by atoms with Gasteiger partial charge in [-0.3, -0.25) is 4.79 Å². The second-order valence-electron chi connectivity index (χ2n) is 4.07. The van der Waals surface area contributed by atoms with E-state index in [9.17, 15) is 15.0 Å². The number of benzene rings is 2. The third kappa shape index (κ3) is 2.88.